The van der Waals surface area contributed by atoms with Gasteiger partial charge in [0.05, 0.1) is 44.6 Å². The fraction of sp³-hybridized carbons (Fsp3) is 0.708. The van der Waals surface area contributed by atoms with E-state index in [1.54, 1.807) is 14.0 Å². The number of rotatable bonds is 10. The van der Waals surface area contributed by atoms with Gasteiger partial charge in [-0.3, -0.25) is 4.79 Å². The molecule has 1 aliphatic heterocycles. The first-order chi connectivity index (χ1) is 14.0. The molecule has 170 valence electrons. The van der Waals surface area contributed by atoms with Crippen LogP contribution < -0.4 is 4.74 Å². The Morgan fingerprint density at radius 3 is 2.47 bits per heavy atom. The first-order valence-corrected chi connectivity index (χ1v) is 10.7. The molecule has 0 unspecified atom stereocenters. The molecule has 0 radical (unpaired) electrons. The van der Waals surface area contributed by atoms with Crippen molar-refractivity contribution in [3.8, 4) is 5.75 Å². The van der Waals surface area contributed by atoms with Crippen LogP contribution in [0.4, 0.5) is 0 Å². The van der Waals surface area contributed by atoms with E-state index in [4.69, 9.17) is 18.9 Å². The molecule has 0 spiro atoms. The summed E-state index contributed by atoms with van der Waals surface area (Å²) in [6.07, 6.45) is -0.378. The molecule has 1 aromatic rings. The van der Waals surface area contributed by atoms with E-state index >= 15 is 0 Å². The third-order valence-corrected chi connectivity index (χ3v) is 6.01. The van der Waals surface area contributed by atoms with Crippen molar-refractivity contribution in [1.82, 2.24) is 0 Å². The summed E-state index contributed by atoms with van der Waals surface area (Å²) in [4.78, 5) is 13.2. The van der Waals surface area contributed by atoms with Gasteiger partial charge in [0.1, 0.15) is 11.5 Å². The smallest absolute Gasteiger partial charge is 0.163 e. The summed E-state index contributed by atoms with van der Waals surface area (Å²) < 4.78 is 22.6. The summed E-state index contributed by atoms with van der Waals surface area (Å²) in [6, 6.07) is 7.67. The molecule has 6 nitrogen and oxygen atoms in total. The molecular formula is C24H38O6. The van der Waals surface area contributed by atoms with Crippen molar-refractivity contribution >= 4 is 5.78 Å². The highest BCUT2D eigenvalue weighted by Gasteiger charge is 2.46. The number of ketones is 1. The zero-order valence-electron chi connectivity index (χ0n) is 19.4. The first kappa shape index (κ1) is 24.8. The minimum Gasteiger partial charge on any atom is -0.497 e. The van der Waals surface area contributed by atoms with Gasteiger partial charge in [-0.25, -0.2) is 0 Å². The molecule has 1 N–H and O–H groups in total. The quantitative estimate of drug-likeness (QED) is 0.615. The van der Waals surface area contributed by atoms with Gasteiger partial charge in [-0.05, 0) is 38.0 Å². The molecule has 1 fully saturated rings. The van der Waals surface area contributed by atoms with Crippen molar-refractivity contribution in [3.05, 3.63) is 29.8 Å². The predicted molar refractivity (Wildman–Crippen MR) is 115 cm³/mol. The Balaban J connectivity index is 1.89. The zero-order valence-corrected chi connectivity index (χ0v) is 19.4. The highest BCUT2D eigenvalue weighted by atomic mass is 16.7. The van der Waals surface area contributed by atoms with Crippen LogP contribution >= 0.6 is 0 Å². The summed E-state index contributed by atoms with van der Waals surface area (Å²) in [5.41, 5.74) is 0.313. The van der Waals surface area contributed by atoms with E-state index < -0.39 is 23.2 Å². The van der Waals surface area contributed by atoms with Gasteiger partial charge >= 0.3 is 0 Å². The van der Waals surface area contributed by atoms with E-state index in [1.165, 1.54) is 0 Å². The second-order valence-electron chi connectivity index (χ2n) is 9.35. The number of hydrogen-bond donors (Lipinski definition) is 1. The van der Waals surface area contributed by atoms with Crippen molar-refractivity contribution < 1.29 is 28.8 Å². The highest BCUT2D eigenvalue weighted by molar-refractivity contribution is 5.87. The van der Waals surface area contributed by atoms with Crippen molar-refractivity contribution in [2.24, 2.45) is 17.3 Å². The van der Waals surface area contributed by atoms with Gasteiger partial charge in [-0.2, -0.15) is 0 Å². The van der Waals surface area contributed by atoms with Crippen LogP contribution in [-0.4, -0.2) is 49.2 Å². The van der Waals surface area contributed by atoms with E-state index in [1.807, 2.05) is 58.9 Å². The molecule has 1 aliphatic rings. The van der Waals surface area contributed by atoms with Crippen LogP contribution in [-0.2, 0) is 25.6 Å². The number of Topliss-reactive ketones (excluding diaryl/α,β-unsaturated/α-hetero) is 1. The van der Waals surface area contributed by atoms with Gasteiger partial charge in [0.25, 0.3) is 0 Å². The van der Waals surface area contributed by atoms with E-state index in [9.17, 15) is 9.90 Å². The molecule has 1 saturated heterocycles. The third-order valence-electron chi connectivity index (χ3n) is 6.01. The Hall–Kier alpha value is -1.47. The van der Waals surface area contributed by atoms with Gasteiger partial charge < -0.3 is 24.1 Å². The lowest BCUT2D eigenvalue weighted by molar-refractivity contribution is -0.289. The Labute approximate surface area is 180 Å². The average Bonchev–Trinajstić information content (AvgIpc) is 2.71. The maximum Gasteiger partial charge on any atom is 0.163 e. The topological polar surface area (TPSA) is 74.2 Å². The minimum atomic E-state index is -0.791. The predicted octanol–water partition coefficient (Wildman–Crippen LogP) is 3.98. The zero-order chi connectivity index (χ0) is 22.5. The van der Waals surface area contributed by atoms with Gasteiger partial charge in [-0.1, -0.05) is 39.8 Å². The molecule has 0 saturated carbocycles. The largest absolute Gasteiger partial charge is 0.497 e. The number of benzene rings is 1. The van der Waals surface area contributed by atoms with Gasteiger partial charge in [-0.15, -0.1) is 0 Å². The molecule has 2 rings (SSSR count). The van der Waals surface area contributed by atoms with Gasteiger partial charge in [0, 0.05) is 11.8 Å². The molecule has 1 aromatic carbocycles. The maximum atomic E-state index is 13.2. The van der Waals surface area contributed by atoms with E-state index in [2.05, 4.69) is 0 Å². The van der Waals surface area contributed by atoms with E-state index in [-0.39, 0.29) is 17.8 Å². The summed E-state index contributed by atoms with van der Waals surface area (Å²) in [5, 5.41) is 10.8. The molecule has 4 atom stereocenters. The fourth-order valence-electron chi connectivity index (χ4n) is 3.93. The Bertz CT molecular complexity index is 681. The van der Waals surface area contributed by atoms with Crippen molar-refractivity contribution in [2.45, 2.75) is 72.6 Å². The van der Waals surface area contributed by atoms with Crippen LogP contribution in [0.1, 0.15) is 53.5 Å². The van der Waals surface area contributed by atoms with Gasteiger partial charge in [0.2, 0.25) is 0 Å². The number of hydrogen-bond acceptors (Lipinski definition) is 6. The van der Waals surface area contributed by atoms with Crippen LogP contribution in [0, 0.1) is 17.3 Å². The lowest BCUT2D eigenvalue weighted by Crippen LogP contribution is -2.51. The third kappa shape index (κ3) is 6.27. The van der Waals surface area contributed by atoms with Crippen LogP contribution in [0.5, 0.6) is 5.75 Å². The van der Waals surface area contributed by atoms with Gasteiger partial charge in [0.15, 0.2) is 5.79 Å². The van der Waals surface area contributed by atoms with Crippen molar-refractivity contribution in [3.63, 3.8) is 0 Å². The molecule has 1 heterocycles. The number of aliphatic hydroxyl groups is 1. The Morgan fingerprint density at radius 2 is 1.90 bits per heavy atom. The van der Waals surface area contributed by atoms with E-state index in [0.29, 0.717) is 26.2 Å². The van der Waals surface area contributed by atoms with Crippen LogP contribution in [0.3, 0.4) is 0 Å². The maximum absolute atomic E-state index is 13.2. The molecule has 0 aliphatic carbocycles. The SMILES string of the molecule is COc1ccc(COC[C@H](C)[C@H](O)[C@@H](C)C(=O)C(C)(C)[C@@H]2CCOC(C)(C)O2)cc1. The summed E-state index contributed by atoms with van der Waals surface area (Å²) in [6.45, 7) is 12.6. The standard InChI is InChI=1S/C24H38O6/c1-16(14-28-15-18-8-10-19(27-7)11-9-18)21(25)17(2)22(26)23(3,4)20-12-13-29-24(5,6)30-20/h8-11,16-17,20-21,25H,12-15H2,1-7H3/t16-,17+,20-,21-/m0/s1. The van der Waals surface area contributed by atoms with Crippen molar-refractivity contribution in [1.29, 1.82) is 0 Å². The highest BCUT2D eigenvalue weighted by Crippen LogP contribution is 2.37. The molecular weight excluding hydrogens is 384 g/mol. The molecule has 0 aromatic heterocycles. The van der Waals surface area contributed by atoms with Crippen LogP contribution in [0.25, 0.3) is 0 Å². The monoisotopic (exact) mass is 422 g/mol. The minimum absolute atomic E-state index is 0.000274. The number of carbonyl (C=O) groups excluding carboxylic acids is 1. The fourth-order valence-corrected chi connectivity index (χ4v) is 3.93. The lowest BCUT2D eigenvalue weighted by atomic mass is 9.73. The number of ether oxygens (including phenoxy) is 4. The van der Waals surface area contributed by atoms with E-state index in [0.717, 1.165) is 11.3 Å². The summed E-state index contributed by atoms with van der Waals surface area (Å²) in [5.74, 6) is -0.599. The molecule has 30 heavy (non-hydrogen) atoms. The normalized spacial score (nSPS) is 22.2. The summed E-state index contributed by atoms with van der Waals surface area (Å²) >= 11 is 0. The number of aliphatic hydroxyl groups excluding tert-OH is 1. The number of methoxy groups -OCH3 is 1. The van der Waals surface area contributed by atoms with Crippen LogP contribution in [0.2, 0.25) is 0 Å². The first-order valence-electron chi connectivity index (χ1n) is 10.7. The molecule has 0 bridgehead atoms. The molecule has 6 heteroatoms. The molecule has 0 amide bonds. The second-order valence-corrected chi connectivity index (χ2v) is 9.35. The lowest BCUT2D eigenvalue weighted by Gasteiger charge is -2.44. The summed E-state index contributed by atoms with van der Waals surface area (Å²) in [7, 11) is 1.63. The Morgan fingerprint density at radius 1 is 1.27 bits per heavy atom. The Kier molecular flexibility index (Phi) is 8.45. The van der Waals surface area contributed by atoms with Crippen LogP contribution in [0.15, 0.2) is 24.3 Å². The second kappa shape index (κ2) is 10.2. The van der Waals surface area contributed by atoms with Crippen molar-refractivity contribution in [2.75, 3.05) is 20.3 Å². The average molecular weight is 423 g/mol. The number of carbonyl (C=O) groups is 1.